The smallest absolute Gasteiger partial charge is 0.406 e. The number of ether oxygens (including phenoxy) is 1. The number of aromatic nitrogens is 2. The normalized spacial score (nSPS) is 18.6. The molecule has 2 heterocycles. The molecule has 3 rings (SSSR count). The fraction of sp³-hybridized carbons (Fsp3) is 0.444. The third-order valence-electron chi connectivity index (χ3n) is 4.30. The molecule has 1 aliphatic rings. The number of hydrogen-bond donors (Lipinski definition) is 1. The average Bonchev–Trinajstić information content (AvgIpc) is 2.53. The Balaban J connectivity index is 1.76. The maximum atomic E-state index is 12.4. The van der Waals surface area contributed by atoms with Crippen LogP contribution in [0.5, 0.6) is 5.75 Å². The van der Waals surface area contributed by atoms with E-state index in [2.05, 4.69) is 32.2 Å². The van der Waals surface area contributed by atoms with Crippen LogP contribution in [0.15, 0.2) is 30.3 Å². The van der Waals surface area contributed by atoms with Gasteiger partial charge in [0.05, 0.1) is 5.69 Å². The number of aryl methyl sites for hydroxylation is 1. The van der Waals surface area contributed by atoms with Crippen LogP contribution in [0.2, 0.25) is 0 Å². The van der Waals surface area contributed by atoms with E-state index in [4.69, 9.17) is 0 Å². The highest BCUT2D eigenvalue weighted by molar-refractivity contribution is 5.65. The minimum Gasteiger partial charge on any atom is -0.406 e. The molecule has 1 fully saturated rings. The maximum Gasteiger partial charge on any atom is 0.573 e. The summed E-state index contributed by atoms with van der Waals surface area (Å²) in [4.78, 5) is 2.27. The first kappa shape index (κ1) is 18.4. The van der Waals surface area contributed by atoms with E-state index in [1.165, 1.54) is 18.2 Å². The Morgan fingerprint density at radius 3 is 2.73 bits per heavy atom. The lowest BCUT2D eigenvalue weighted by Crippen LogP contribution is -2.39. The van der Waals surface area contributed by atoms with Gasteiger partial charge in [-0.2, -0.15) is 0 Å². The van der Waals surface area contributed by atoms with Crippen molar-refractivity contribution in [3.8, 4) is 17.0 Å². The van der Waals surface area contributed by atoms with Gasteiger partial charge in [0.25, 0.3) is 0 Å². The predicted molar refractivity (Wildman–Crippen MR) is 93.0 cm³/mol. The average molecular weight is 366 g/mol. The van der Waals surface area contributed by atoms with Gasteiger partial charge in [0.2, 0.25) is 0 Å². The van der Waals surface area contributed by atoms with E-state index in [0.717, 1.165) is 31.5 Å². The molecule has 0 radical (unpaired) electrons. The first-order valence-electron chi connectivity index (χ1n) is 8.46. The lowest BCUT2D eigenvalue weighted by molar-refractivity contribution is -0.274. The minimum absolute atomic E-state index is 0.274. The Kier molecular flexibility index (Phi) is 5.31. The van der Waals surface area contributed by atoms with Crippen molar-refractivity contribution in [2.24, 2.45) is 0 Å². The molecule has 1 aromatic heterocycles. The van der Waals surface area contributed by atoms with E-state index < -0.39 is 6.36 Å². The Hall–Kier alpha value is -2.35. The van der Waals surface area contributed by atoms with Gasteiger partial charge in [0.1, 0.15) is 11.6 Å². The fourth-order valence-corrected chi connectivity index (χ4v) is 3.17. The number of nitrogens with one attached hydrogen (secondary N) is 1. The molecule has 8 heteroatoms. The van der Waals surface area contributed by atoms with Crippen LogP contribution in [0.1, 0.15) is 18.4 Å². The fourth-order valence-electron chi connectivity index (χ4n) is 3.17. The monoisotopic (exact) mass is 366 g/mol. The molecule has 0 spiro atoms. The number of likely N-dealkylation sites (N-methyl/N-ethyl adjacent to an activating group) is 1. The van der Waals surface area contributed by atoms with Crippen molar-refractivity contribution in [1.82, 2.24) is 15.1 Å². The summed E-state index contributed by atoms with van der Waals surface area (Å²) < 4.78 is 41.2. The molecule has 1 atom stereocenters. The van der Waals surface area contributed by atoms with Gasteiger partial charge in [-0.25, -0.2) is 0 Å². The van der Waals surface area contributed by atoms with Crippen LogP contribution in [0.25, 0.3) is 11.3 Å². The summed E-state index contributed by atoms with van der Waals surface area (Å²) in [5.74, 6) is 0.401. The third-order valence-corrected chi connectivity index (χ3v) is 4.30. The zero-order valence-corrected chi connectivity index (χ0v) is 14.7. The van der Waals surface area contributed by atoms with Gasteiger partial charge < -0.3 is 15.0 Å². The van der Waals surface area contributed by atoms with E-state index in [1.54, 1.807) is 6.07 Å². The van der Waals surface area contributed by atoms with Gasteiger partial charge in [0.15, 0.2) is 0 Å². The third kappa shape index (κ3) is 4.85. The molecule has 1 N–H and O–H groups in total. The zero-order chi connectivity index (χ0) is 18.7. The SMILES string of the molecule is Cc1cc(N[C@@H]2CCCN(C)C2)nnc1-c1cccc(OC(F)(F)F)c1. The summed E-state index contributed by atoms with van der Waals surface area (Å²) in [5, 5.41) is 11.8. The number of nitrogens with zero attached hydrogens (tertiary/aromatic N) is 3. The lowest BCUT2D eigenvalue weighted by Gasteiger charge is -2.30. The quantitative estimate of drug-likeness (QED) is 0.891. The van der Waals surface area contributed by atoms with Crippen LogP contribution in [-0.2, 0) is 0 Å². The van der Waals surface area contributed by atoms with Crippen LogP contribution in [0.3, 0.4) is 0 Å². The summed E-state index contributed by atoms with van der Waals surface area (Å²) in [6.07, 6.45) is -2.52. The second kappa shape index (κ2) is 7.49. The van der Waals surface area contributed by atoms with Crippen molar-refractivity contribution in [2.75, 3.05) is 25.5 Å². The maximum absolute atomic E-state index is 12.4. The van der Waals surface area contributed by atoms with Gasteiger partial charge in [0, 0.05) is 18.2 Å². The van der Waals surface area contributed by atoms with E-state index >= 15 is 0 Å². The number of alkyl halides is 3. The zero-order valence-electron chi connectivity index (χ0n) is 14.7. The first-order valence-corrected chi connectivity index (χ1v) is 8.46. The molecule has 1 saturated heterocycles. The van der Waals surface area contributed by atoms with Crippen LogP contribution in [-0.4, -0.2) is 47.6 Å². The van der Waals surface area contributed by atoms with Crippen LogP contribution < -0.4 is 10.1 Å². The molecule has 0 unspecified atom stereocenters. The molecule has 0 aliphatic carbocycles. The second-order valence-corrected chi connectivity index (χ2v) is 6.58. The Morgan fingerprint density at radius 1 is 1.23 bits per heavy atom. The number of anilines is 1. The first-order chi connectivity index (χ1) is 12.3. The minimum atomic E-state index is -4.72. The van der Waals surface area contributed by atoms with Crippen molar-refractivity contribution in [1.29, 1.82) is 0 Å². The van der Waals surface area contributed by atoms with Crippen molar-refractivity contribution >= 4 is 5.82 Å². The number of benzene rings is 1. The highest BCUT2D eigenvalue weighted by Crippen LogP contribution is 2.29. The molecule has 140 valence electrons. The van der Waals surface area contributed by atoms with E-state index in [0.29, 0.717) is 23.1 Å². The standard InChI is InChI=1S/C18H21F3N4O/c1-12-9-16(22-14-6-4-8-25(2)11-14)23-24-17(12)13-5-3-7-15(10-13)26-18(19,20)21/h3,5,7,9-10,14H,4,6,8,11H2,1-2H3,(H,22,23)/t14-/m1/s1. The number of rotatable bonds is 4. The van der Waals surface area contributed by atoms with Gasteiger partial charge in [-0.1, -0.05) is 12.1 Å². The van der Waals surface area contributed by atoms with E-state index in [-0.39, 0.29) is 5.75 Å². The Bertz CT molecular complexity index is 766. The van der Waals surface area contributed by atoms with Crippen LogP contribution in [0, 0.1) is 6.92 Å². The predicted octanol–water partition coefficient (Wildman–Crippen LogP) is 3.86. The van der Waals surface area contributed by atoms with Gasteiger partial charge in [-0.15, -0.1) is 23.4 Å². The van der Waals surface area contributed by atoms with Crippen molar-refractivity contribution in [3.63, 3.8) is 0 Å². The van der Waals surface area contributed by atoms with Gasteiger partial charge >= 0.3 is 6.36 Å². The largest absolute Gasteiger partial charge is 0.573 e. The summed E-state index contributed by atoms with van der Waals surface area (Å²) in [5.41, 5.74) is 1.89. The molecular formula is C18H21F3N4O. The Morgan fingerprint density at radius 2 is 2.04 bits per heavy atom. The van der Waals surface area contributed by atoms with Gasteiger partial charge in [-0.05, 0) is 57.1 Å². The molecule has 5 nitrogen and oxygen atoms in total. The molecule has 2 aromatic rings. The molecule has 26 heavy (non-hydrogen) atoms. The number of piperidine rings is 1. The highest BCUT2D eigenvalue weighted by atomic mass is 19.4. The summed E-state index contributed by atoms with van der Waals surface area (Å²) in [6.45, 7) is 3.90. The molecule has 0 bridgehead atoms. The number of likely N-dealkylation sites (tertiary alicyclic amines) is 1. The molecule has 0 saturated carbocycles. The summed E-state index contributed by atoms with van der Waals surface area (Å²) >= 11 is 0. The Labute approximate surface area is 150 Å². The van der Waals surface area contributed by atoms with Crippen molar-refractivity contribution < 1.29 is 17.9 Å². The number of hydrogen-bond acceptors (Lipinski definition) is 5. The second-order valence-electron chi connectivity index (χ2n) is 6.58. The van der Waals surface area contributed by atoms with Gasteiger partial charge in [-0.3, -0.25) is 0 Å². The highest BCUT2D eigenvalue weighted by Gasteiger charge is 2.31. The van der Waals surface area contributed by atoms with Crippen molar-refractivity contribution in [2.45, 2.75) is 32.2 Å². The molecule has 1 aliphatic heterocycles. The van der Waals surface area contributed by atoms with E-state index in [1.807, 2.05) is 13.0 Å². The van der Waals surface area contributed by atoms with Crippen LogP contribution >= 0.6 is 0 Å². The van der Waals surface area contributed by atoms with E-state index in [9.17, 15) is 13.2 Å². The summed E-state index contributed by atoms with van der Waals surface area (Å²) in [6, 6.07) is 7.94. The molecule has 1 aromatic carbocycles. The van der Waals surface area contributed by atoms with Crippen LogP contribution in [0.4, 0.5) is 19.0 Å². The summed E-state index contributed by atoms with van der Waals surface area (Å²) in [7, 11) is 2.09. The topological polar surface area (TPSA) is 50.3 Å². The molecule has 0 amide bonds. The molecular weight excluding hydrogens is 345 g/mol. The number of halogens is 3. The lowest BCUT2D eigenvalue weighted by atomic mass is 10.1. The van der Waals surface area contributed by atoms with Crippen molar-refractivity contribution in [3.05, 3.63) is 35.9 Å².